The molecule has 0 bridgehead atoms. The normalized spacial score (nSPS) is 10.4. The Morgan fingerprint density at radius 2 is 1.91 bits per heavy atom. The Morgan fingerprint density at radius 1 is 1.17 bits per heavy atom. The third-order valence-electron chi connectivity index (χ3n) is 3.12. The predicted molar refractivity (Wildman–Crippen MR) is 92.2 cm³/mol. The van der Waals surface area contributed by atoms with E-state index in [1.165, 1.54) is 12.1 Å². The summed E-state index contributed by atoms with van der Waals surface area (Å²) in [5.74, 6) is 0.161. The third-order valence-corrected chi connectivity index (χ3v) is 3.37. The van der Waals surface area contributed by atoms with Crippen LogP contribution in [0.5, 0.6) is 5.75 Å². The van der Waals surface area contributed by atoms with Crippen LogP contribution >= 0.6 is 12.2 Å². The predicted octanol–water partition coefficient (Wildman–Crippen LogP) is 4.13. The van der Waals surface area contributed by atoms with Crippen LogP contribution in [0, 0.1) is 6.92 Å². The van der Waals surface area contributed by atoms with Crippen molar-refractivity contribution in [1.82, 2.24) is 5.32 Å². The quantitative estimate of drug-likeness (QED) is 0.777. The molecule has 0 aliphatic carbocycles. The molecule has 0 radical (unpaired) electrons. The number of rotatable bonds is 6. The van der Waals surface area contributed by atoms with E-state index in [2.05, 4.69) is 15.4 Å². The van der Waals surface area contributed by atoms with Gasteiger partial charge in [0.2, 0.25) is 0 Å². The van der Waals surface area contributed by atoms with Crippen LogP contribution in [0.2, 0.25) is 0 Å². The molecule has 0 aliphatic heterocycles. The summed E-state index contributed by atoms with van der Waals surface area (Å²) in [5.41, 5.74) is 3.11. The lowest BCUT2D eigenvalue weighted by molar-refractivity contribution is -0.0498. The highest BCUT2D eigenvalue weighted by Crippen LogP contribution is 2.15. The van der Waals surface area contributed by atoms with Gasteiger partial charge in [0.25, 0.3) is 0 Å². The van der Waals surface area contributed by atoms with Gasteiger partial charge in [0, 0.05) is 12.2 Å². The van der Waals surface area contributed by atoms with E-state index in [0.29, 0.717) is 11.7 Å². The molecule has 0 fully saturated rings. The fourth-order valence-corrected chi connectivity index (χ4v) is 2.28. The first-order chi connectivity index (χ1) is 11.0. The number of thiocarbonyl (C=S) groups is 1. The average Bonchev–Trinajstić information content (AvgIpc) is 2.48. The molecular formula is C17H18F2N2OS. The van der Waals surface area contributed by atoms with Gasteiger partial charge in [-0.25, -0.2) is 0 Å². The standard InChI is InChI=1S/C17H18F2N2OS/c1-12-3-2-4-14(11-12)21-17(23)20-10-9-13-5-7-15(8-6-13)22-16(18)19/h2-8,11,16H,9-10H2,1H3,(H2,20,21,23). The summed E-state index contributed by atoms with van der Waals surface area (Å²) in [6.07, 6.45) is 0.727. The van der Waals surface area contributed by atoms with Crippen LogP contribution in [0.4, 0.5) is 14.5 Å². The lowest BCUT2D eigenvalue weighted by atomic mass is 10.1. The van der Waals surface area contributed by atoms with Gasteiger partial charge < -0.3 is 15.4 Å². The number of halogens is 2. The number of benzene rings is 2. The van der Waals surface area contributed by atoms with Crippen LogP contribution in [0.15, 0.2) is 48.5 Å². The molecule has 0 saturated heterocycles. The Labute approximate surface area is 139 Å². The molecule has 2 aromatic rings. The van der Waals surface area contributed by atoms with E-state index in [4.69, 9.17) is 12.2 Å². The molecule has 0 unspecified atom stereocenters. The molecule has 0 aromatic heterocycles. The number of hydrogen-bond acceptors (Lipinski definition) is 2. The molecule has 0 amide bonds. The summed E-state index contributed by atoms with van der Waals surface area (Å²) in [5, 5.41) is 6.78. The second-order valence-corrected chi connectivity index (χ2v) is 5.43. The largest absolute Gasteiger partial charge is 0.435 e. The summed E-state index contributed by atoms with van der Waals surface area (Å²) < 4.78 is 28.4. The van der Waals surface area contributed by atoms with E-state index in [-0.39, 0.29) is 5.75 Å². The van der Waals surface area contributed by atoms with Crippen molar-refractivity contribution in [1.29, 1.82) is 0 Å². The SMILES string of the molecule is Cc1cccc(NC(=S)NCCc2ccc(OC(F)F)cc2)c1. The highest BCUT2D eigenvalue weighted by Gasteiger charge is 2.04. The zero-order chi connectivity index (χ0) is 16.7. The van der Waals surface area contributed by atoms with Crippen LogP contribution in [-0.4, -0.2) is 18.3 Å². The number of ether oxygens (including phenoxy) is 1. The van der Waals surface area contributed by atoms with Crippen molar-refractivity contribution in [3.63, 3.8) is 0 Å². The molecule has 23 heavy (non-hydrogen) atoms. The lowest BCUT2D eigenvalue weighted by Gasteiger charge is -2.11. The Kier molecular flexibility index (Phi) is 6.29. The topological polar surface area (TPSA) is 33.3 Å². The highest BCUT2D eigenvalue weighted by molar-refractivity contribution is 7.80. The minimum atomic E-state index is -2.80. The van der Waals surface area contributed by atoms with E-state index in [1.54, 1.807) is 12.1 Å². The third kappa shape index (κ3) is 6.20. The first-order valence-electron chi connectivity index (χ1n) is 7.18. The summed E-state index contributed by atoms with van der Waals surface area (Å²) in [6.45, 7) is -0.136. The molecule has 0 heterocycles. The molecule has 0 spiro atoms. The van der Waals surface area contributed by atoms with Crippen molar-refractivity contribution in [3.8, 4) is 5.75 Å². The molecule has 2 N–H and O–H groups in total. The van der Waals surface area contributed by atoms with Crippen molar-refractivity contribution in [2.24, 2.45) is 0 Å². The summed E-state index contributed by atoms with van der Waals surface area (Å²) >= 11 is 5.24. The van der Waals surface area contributed by atoms with Crippen molar-refractivity contribution in [2.45, 2.75) is 20.0 Å². The van der Waals surface area contributed by atoms with Crippen molar-refractivity contribution < 1.29 is 13.5 Å². The zero-order valence-electron chi connectivity index (χ0n) is 12.7. The second-order valence-electron chi connectivity index (χ2n) is 5.02. The Hall–Kier alpha value is -2.21. The maximum absolute atomic E-state index is 12.1. The van der Waals surface area contributed by atoms with Gasteiger partial charge in [0.05, 0.1) is 0 Å². The van der Waals surface area contributed by atoms with Crippen LogP contribution < -0.4 is 15.4 Å². The number of hydrogen-bond donors (Lipinski definition) is 2. The van der Waals surface area contributed by atoms with Crippen LogP contribution in [-0.2, 0) is 6.42 Å². The van der Waals surface area contributed by atoms with Gasteiger partial charge >= 0.3 is 6.61 Å². The maximum Gasteiger partial charge on any atom is 0.387 e. The number of aryl methyl sites for hydroxylation is 1. The average molecular weight is 336 g/mol. The van der Waals surface area contributed by atoms with Gasteiger partial charge in [-0.1, -0.05) is 24.3 Å². The number of nitrogens with one attached hydrogen (secondary N) is 2. The van der Waals surface area contributed by atoms with Crippen LogP contribution in [0.1, 0.15) is 11.1 Å². The maximum atomic E-state index is 12.1. The summed E-state index contributed by atoms with van der Waals surface area (Å²) in [6, 6.07) is 14.5. The fourth-order valence-electron chi connectivity index (χ4n) is 2.06. The minimum absolute atomic E-state index is 0.161. The minimum Gasteiger partial charge on any atom is -0.435 e. The van der Waals surface area contributed by atoms with Gasteiger partial charge in [-0.3, -0.25) is 0 Å². The van der Waals surface area contributed by atoms with E-state index in [9.17, 15) is 8.78 Å². The van der Waals surface area contributed by atoms with Crippen molar-refractivity contribution >= 4 is 23.0 Å². The Bertz CT molecular complexity index is 647. The second kappa shape index (κ2) is 8.43. The van der Waals surface area contributed by atoms with E-state index in [0.717, 1.165) is 23.2 Å². The van der Waals surface area contributed by atoms with Crippen molar-refractivity contribution in [3.05, 3.63) is 59.7 Å². The summed E-state index contributed by atoms with van der Waals surface area (Å²) in [4.78, 5) is 0. The first-order valence-corrected chi connectivity index (χ1v) is 7.59. The molecular weight excluding hydrogens is 318 g/mol. The molecule has 0 saturated carbocycles. The van der Waals surface area contributed by atoms with Crippen LogP contribution in [0.3, 0.4) is 0 Å². The van der Waals surface area contributed by atoms with Crippen LogP contribution in [0.25, 0.3) is 0 Å². The van der Waals surface area contributed by atoms with Gasteiger partial charge in [-0.05, 0) is 61.0 Å². The summed E-state index contributed by atoms with van der Waals surface area (Å²) in [7, 11) is 0. The van der Waals surface area contributed by atoms with Gasteiger partial charge in [-0.15, -0.1) is 0 Å². The molecule has 122 valence electrons. The lowest BCUT2D eigenvalue weighted by Crippen LogP contribution is -2.30. The molecule has 6 heteroatoms. The molecule has 3 nitrogen and oxygen atoms in total. The van der Waals surface area contributed by atoms with E-state index < -0.39 is 6.61 Å². The zero-order valence-corrected chi connectivity index (χ0v) is 13.5. The molecule has 0 atom stereocenters. The Balaban J connectivity index is 1.75. The van der Waals surface area contributed by atoms with Gasteiger partial charge in [0.15, 0.2) is 5.11 Å². The first kappa shape index (κ1) is 17.1. The molecule has 0 aliphatic rings. The van der Waals surface area contributed by atoms with Crippen molar-refractivity contribution in [2.75, 3.05) is 11.9 Å². The number of anilines is 1. The Morgan fingerprint density at radius 3 is 2.57 bits per heavy atom. The van der Waals surface area contributed by atoms with Gasteiger partial charge in [-0.2, -0.15) is 8.78 Å². The van der Waals surface area contributed by atoms with Gasteiger partial charge in [0.1, 0.15) is 5.75 Å². The highest BCUT2D eigenvalue weighted by atomic mass is 32.1. The molecule has 2 rings (SSSR count). The fraction of sp³-hybridized carbons (Fsp3) is 0.235. The van der Waals surface area contributed by atoms with E-state index >= 15 is 0 Å². The number of alkyl halides is 2. The smallest absolute Gasteiger partial charge is 0.387 e. The van der Waals surface area contributed by atoms with E-state index in [1.807, 2.05) is 31.2 Å². The monoisotopic (exact) mass is 336 g/mol. The molecule has 2 aromatic carbocycles.